The molecule has 0 unspecified atom stereocenters. The molecule has 3 heterocycles. The van der Waals surface area contributed by atoms with Gasteiger partial charge in [0.2, 0.25) is 0 Å². The van der Waals surface area contributed by atoms with E-state index in [-0.39, 0.29) is 5.91 Å². The van der Waals surface area contributed by atoms with Crippen LogP contribution in [-0.4, -0.2) is 35.9 Å². The fraction of sp³-hybridized carbons (Fsp3) is 0.167. The van der Waals surface area contributed by atoms with E-state index in [0.717, 1.165) is 5.69 Å². The van der Waals surface area contributed by atoms with Gasteiger partial charge in [0.1, 0.15) is 0 Å². The summed E-state index contributed by atoms with van der Waals surface area (Å²) in [6.45, 7) is 2.18. The molecule has 100 valence electrons. The lowest BCUT2D eigenvalue weighted by Gasteiger charge is -2.04. The van der Waals surface area contributed by atoms with Crippen molar-refractivity contribution in [3.63, 3.8) is 0 Å². The van der Waals surface area contributed by atoms with Gasteiger partial charge in [0.05, 0.1) is 24.1 Å². The molecular formula is C12H11N7O. The summed E-state index contributed by atoms with van der Waals surface area (Å²) in [5, 5.41) is 13.8. The predicted octanol–water partition coefficient (Wildman–Crippen LogP) is 0.153. The second-order valence-electron chi connectivity index (χ2n) is 4.23. The molecule has 0 aliphatic carbocycles. The molecule has 3 rings (SSSR count). The molecule has 0 bridgehead atoms. The van der Waals surface area contributed by atoms with Crippen molar-refractivity contribution in [3.05, 3.63) is 47.7 Å². The maximum atomic E-state index is 12.0. The number of rotatable bonds is 3. The number of carbonyl (C=O) groups excluding carboxylic acids is 1. The number of tetrazole rings is 1. The number of nitrogens with zero attached hydrogens (tertiary/aromatic N) is 6. The van der Waals surface area contributed by atoms with Crippen molar-refractivity contribution < 1.29 is 4.79 Å². The Morgan fingerprint density at radius 1 is 1.35 bits per heavy atom. The van der Waals surface area contributed by atoms with Gasteiger partial charge >= 0.3 is 0 Å². The number of carbonyl (C=O) groups is 1. The molecule has 0 aliphatic heterocycles. The molecule has 0 atom stereocenters. The third-order valence-electron chi connectivity index (χ3n) is 2.72. The lowest BCUT2D eigenvalue weighted by atomic mass is 10.2. The third-order valence-corrected chi connectivity index (χ3v) is 2.72. The fourth-order valence-electron chi connectivity index (χ4n) is 1.66. The zero-order chi connectivity index (χ0) is 13.9. The second-order valence-corrected chi connectivity index (χ2v) is 4.23. The average molecular weight is 269 g/mol. The number of hydrogen-bond acceptors (Lipinski definition) is 6. The van der Waals surface area contributed by atoms with E-state index in [1.165, 1.54) is 4.52 Å². The number of aryl methyl sites for hydroxylation is 1. The normalized spacial score (nSPS) is 10.7. The monoisotopic (exact) mass is 269 g/mol. The SMILES string of the molecule is Cc1cnc(CNC(=O)c2ccn3nnnc3c2)cn1. The van der Waals surface area contributed by atoms with E-state index < -0.39 is 0 Å². The summed E-state index contributed by atoms with van der Waals surface area (Å²) in [4.78, 5) is 20.3. The minimum atomic E-state index is -0.210. The molecule has 3 aromatic heterocycles. The molecule has 8 heteroatoms. The third kappa shape index (κ3) is 2.44. The van der Waals surface area contributed by atoms with Gasteiger partial charge in [0.15, 0.2) is 5.65 Å². The van der Waals surface area contributed by atoms with E-state index in [1.807, 2.05) is 6.92 Å². The topological polar surface area (TPSA) is 98.0 Å². The van der Waals surface area contributed by atoms with E-state index in [0.29, 0.717) is 23.4 Å². The van der Waals surface area contributed by atoms with Crippen LogP contribution in [0.3, 0.4) is 0 Å². The first-order chi connectivity index (χ1) is 9.72. The van der Waals surface area contributed by atoms with Gasteiger partial charge in [-0.05, 0) is 29.5 Å². The van der Waals surface area contributed by atoms with Crippen LogP contribution in [0.5, 0.6) is 0 Å². The molecule has 20 heavy (non-hydrogen) atoms. The smallest absolute Gasteiger partial charge is 0.251 e. The van der Waals surface area contributed by atoms with Crippen LogP contribution in [0.2, 0.25) is 0 Å². The second kappa shape index (κ2) is 5.00. The van der Waals surface area contributed by atoms with E-state index in [2.05, 4.69) is 30.8 Å². The van der Waals surface area contributed by atoms with Gasteiger partial charge in [-0.1, -0.05) is 0 Å². The number of aromatic nitrogens is 6. The molecule has 0 saturated heterocycles. The molecule has 8 nitrogen and oxygen atoms in total. The molecule has 0 aromatic carbocycles. The highest BCUT2D eigenvalue weighted by molar-refractivity contribution is 5.94. The predicted molar refractivity (Wildman–Crippen MR) is 68.7 cm³/mol. The standard InChI is InChI=1S/C12H11N7O/c1-8-5-14-10(6-13-8)7-15-12(20)9-2-3-19-11(4-9)16-17-18-19/h2-6H,7H2,1H3,(H,15,20). The van der Waals surface area contributed by atoms with Gasteiger partial charge in [-0.3, -0.25) is 14.8 Å². The Morgan fingerprint density at radius 2 is 2.25 bits per heavy atom. The Bertz CT molecular complexity index is 750. The van der Waals surface area contributed by atoms with Crippen molar-refractivity contribution in [1.29, 1.82) is 0 Å². The minimum Gasteiger partial charge on any atom is -0.346 e. The first-order valence-electron chi connectivity index (χ1n) is 5.96. The van der Waals surface area contributed by atoms with Crippen LogP contribution >= 0.6 is 0 Å². The van der Waals surface area contributed by atoms with E-state index in [1.54, 1.807) is 30.7 Å². The molecule has 0 radical (unpaired) electrons. The molecule has 0 saturated carbocycles. The summed E-state index contributed by atoms with van der Waals surface area (Å²) in [6.07, 6.45) is 4.94. The Labute approximate surface area is 113 Å². The van der Waals surface area contributed by atoms with Crippen molar-refractivity contribution in [2.45, 2.75) is 13.5 Å². The summed E-state index contributed by atoms with van der Waals surface area (Å²) in [6, 6.07) is 3.27. The number of nitrogens with one attached hydrogen (secondary N) is 1. The van der Waals surface area contributed by atoms with Crippen LogP contribution in [0.15, 0.2) is 30.7 Å². The molecule has 1 N–H and O–H groups in total. The summed E-state index contributed by atoms with van der Waals surface area (Å²) < 4.78 is 1.49. The Kier molecular flexibility index (Phi) is 3.04. The molecule has 1 amide bonds. The quantitative estimate of drug-likeness (QED) is 0.727. The molecule has 3 aromatic rings. The highest BCUT2D eigenvalue weighted by Gasteiger charge is 2.08. The highest BCUT2D eigenvalue weighted by atomic mass is 16.1. The van der Waals surface area contributed by atoms with Crippen LogP contribution in [0.1, 0.15) is 21.7 Å². The van der Waals surface area contributed by atoms with Crippen LogP contribution < -0.4 is 5.32 Å². The van der Waals surface area contributed by atoms with Gasteiger partial charge in [-0.25, -0.2) is 4.52 Å². The number of amides is 1. The van der Waals surface area contributed by atoms with Gasteiger partial charge < -0.3 is 5.32 Å². The Hall–Kier alpha value is -2.90. The first-order valence-corrected chi connectivity index (χ1v) is 5.96. The summed E-state index contributed by atoms with van der Waals surface area (Å²) in [5.74, 6) is -0.210. The zero-order valence-corrected chi connectivity index (χ0v) is 10.7. The van der Waals surface area contributed by atoms with E-state index in [9.17, 15) is 4.79 Å². The minimum absolute atomic E-state index is 0.210. The molecule has 0 fully saturated rings. The lowest BCUT2D eigenvalue weighted by molar-refractivity contribution is 0.0950. The van der Waals surface area contributed by atoms with Crippen molar-refractivity contribution in [2.24, 2.45) is 0 Å². The molecule has 0 spiro atoms. The number of fused-ring (bicyclic) bond motifs is 1. The Balaban J connectivity index is 1.70. The average Bonchev–Trinajstić information content (AvgIpc) is 2.93. The zero-order valence-electron chi connectivity index (χ0n) is 10.7. The lowest BCUT2D eigenvalue weighted by Crippen LogP contribution is -2.23. The highest BCUT2D eigenvalue weighted by Crippen LogP contribution is 2.03. The number of hydrogen-bond donors (Lipinski definition) is 1. The van der Waals surface area contributed by atoms with Gasteiger partial charge in [-0.15, -0.1) is 5.10 Å². The van der Waals surface area contributed by atoms with Crippen molar-refractivity contribution >= 4 is 11.6 Å². The summed E-state index contributed by atoms with van der Waals surface area (Å²) >= 11 is 0. The van der Waals surface area contributed by atoms with Gasteiger partial charge in [-0.2, -0.15) is 0 Å². The molecule has 0 aliphatic rings. The largest absolute Gasteiger partial charge is 0.346 e. The fourth-order valence-corrected chi connectivity index (χ4v) is 1.66. The van der Waals surface area contributed by atoms with Crippen LogP contribution in [0.4, 0.5) is 0 Å². The summed E-state index contributed by atoms with van der Waals surface area (Å²) in [5.41, 5.74) is 2.55. The van der Waals surface area contributed by atoms with Crippen molar-refractivity contribution in [3.8, 4) is 0 Å². The van der Waals surface area contributed by atoms with Crippen molar-refractivity contribution in [1.82, 2.24) is 35.3 Å². The van der Waals surface area contributed by atoms with E-state index in [4.69, 9.17) is 0 Å². The molecular weight excluding hydrogens is 258 g/mol. The maximum absolute atomic E-state index is 12.0. The van der Waals surface area contributed by atoms with Gasteiger partial charge in [0, 0.05) is 18.0 Å². The van der Waals surface area contributed by atoms with Crippen molar-refractivity contribution in [2.75, 3.05) is 0 Å². The van der Waals surface area contributed by atoms with Gasteiger partial charge in [0.25, 0.3) is 5.91 Å². The summed E-state index contributed by atoms with van der Waals surface area (Å²) in [7, 11) is 0. The first kappa shape index (κ1) is 12.2. The Morgan fingerprint density at radius 3 is 3.05 bits per heavy atom. The van der Waals surface area contributed by atoms with Crippen LogP contribution in [-0.2, 0) is 6.54 Å². The van der Waals surface area contributed by atoms with Crippen LogP contribution in [0, 0.1) is 6.92 Å². The van der Waals surface area contributed by atoms with Crippen LogP contribution in [0.25, 0.3) is 5.65 Å². The maximum Gasteiger partial charge on any atom is 0.251 e. The number of pyridine rings is 1. The van der Waals surface area contributed by atoms with E-state index >= 15 is 0 Å².